The summed E-state index contributed by atoms with van der Waals surface area (Å²) in [5.74, 6) is 0. The first-order chi connectivity index (χ1) is 8.55. The van der Waals surface area contributed by atoms with Crippen LogP contribution in [0.1, 0.15) is 51.4 Å². The van der Waals surface area contributed by atoms with Crippen LogP contribution in [0.2, 0.25) is 0 Å². The zero-order valence-corrected chi connectivity index (χ0v) is 12.4. The van der Waals surface area contributed by atoms with Crippen LogP contribution in [0.15, 0.2) is 0 Å². The van der Waals surface area contributed by atoms with E-state index in [0.29, 0.717) is 6.04 Å². The van der Waals surface area contributed by atoms with Gasteiger partial charge in [-0.25, -0.2) is 12.7 Å². The summed E-state index contributed by atoms with van der Waals surface area (Å²) < 4.78 is 26.7. The minimum Gasteiger partial charge on any atom is -0.317 e. The predicted molar refractivity (Wildman–Crippen MR) is 74.0 cm³/mol. The van der Waals surface area contributed by atoms with Crippen molar-refractivity contribution >= 4 is 10.0 Å². The lowest BCUT2D eigenvalue weighted by atomic mass is 9.91. The molecule has 18 heavy (non-hydrogen) atoms. The molecule has 106 valence electrons. The molecule has 2 rings (SSSR count). The van der Waals surface area contributed by atoms with Crippen molar-refractivity contribution in [2.24, 2.45) is 0 Å². The highest BCUT2D eigenvalue weighted by Gasteiger charge is 2.36. The second-order valence-corrected chi connectivity index (χ2v) is 8.03. The zero-order chi connectivity index (χ0) is 13.2. The van der Waals surface area contributed by atoms with Crippen LogP contribution in [0.5, 0.6) is 0 Å². The third-order valence-electron chi connectivity index (χ3n) is 4.74. The molecule has 0 spiro atoms. The Kier molecular flexibility index (Phi) is 4.67. The highest BCUT2D eigenvalue weighted by atomic mass is 32.2. The van der Waals surface area contributed by atoms with Crippen molar-refractivity contribution in [1.82, 2.24) is 9.62 Å². The van der Waals surface area contributed by atoms with Crippen LogP contribution < -0.4 is 5.32 Å². The summed E-state index contributed by atoms with van der Waals surface area (Å²) in [4.78, 5) is 0. The van der Waals surface area contributed by atoms with Gasteiger partial charge in [0.2, 0.25) is 10.0 Å². The van der Waals surface area contributed by atoms with Gasteiger partial charge in [0, 0.05) is 19.1 Å². The molecule has 2 saturated carbocycles. The van der Waals surface area contributed by atoms with Gasteiger partial charge in [-0.15, -0.1) is 0 Å². The molecule has 2 aliphatic rings. The van der Waals surface area contributed by atoms with E-state index in [1.54, 1.807) is 11.4 Å². The third-order valence-corrected chi connectivity index (χ3v) is 7.16. The molecule has 0 aromatic carbocycles. The number of hydrogen-bond acceptors (Lipinski definition) is 3. The fourth-order valence-corrected chi connectivity index (χ4v) is 5.38. The Bertz CT molecular complexity index is 355. The summed E-state index contributed by atoms with van der Waals surface area (Å²) in [5.41, 5.74) is 0. The van der Waals surface area contributed by atoms with E-state index in [4.69, 9.17) is 0 Å². The Balaban J connectivity index is 1.96. The molecule has 0 radical (unpaired) electrons. The molecule has 2 aliphatic carbocycles. The van der Waals surface area contributed by atoms with Gasteiger partial charge in [0.1, 0.15) is 0 Å². The second kappa shape index (κ2) is 5.88. The molecule has 0 aliphatic heterocycles. The average molecular weight is 274 g/mol. The molecule has 0 heterocycles. The molecule has 1 N–H and O–H groups in total. The lowest BCUT2D eigenvalue weighted by Gasteiger charge is -2.35. The van der Waals surface area contributed by atoms with Gasteiger partial charge < -0.3 is 5.32 Å². The zero-order valence-electron chi connectivity index (χ0n) is 11.6. The topological polar surface area (TPSA) is 49.4 Å². The highest BCUT2D eigenvalue weighted by molar-refractivity contribution is 7.89. The molecule has 0 bridgehead atoms. The van der Waals surface area contributed by atoms with Crippen molar-refractivity contribution in [2.45, 2.75) is 68.7 Å². The van der Waals surface area contributed by atoms with E-state index in [9.17, 15) is 8.42 Å². The third kappa shape index (κ3) is 2.89. The first-order valence-electron chi connectivity index (χ1n) is 7.20. The number of rotatable bonds is 4. The maximum absolute atomic E-state index is 12.5. The summed E-state index contributed by atoms with van der Waals surface area (Å²) in [6, 6.07) is 0.795. The summed E-state index contributed by atoms with van der Waals surface area (Å²) in [6.45, 7) is 0. The van der Waals surface area contributed by atoms with E-state index in [-0.39, 0.29) is 11.3 Å². The van der Waals surface area contributed by atoms with Crippen LogP contribution >= 0.6 is 0 Å². The van der Waals surface area contributed by atoms with Gasteiger partial charge in [-0.3, -0.25) is 0 Å². The van der Waals surface area contributed by atoms with Crippen molar-refractivity contribution in [3.05, 3.63) is 0 Å². The van der Waals surface area contributed by atoms with Gasteiger partial charge in [0.25, 0.3) is 0 Å². The molecular formula is C13H26N2O2S. The van der Waals surface area contributed by atoms with Crippen molar-refractivity contribution in [3.8, 4) is 0 Å². The lowest BCUT2D eigenvalue weighted by Crippen LogP contribution is -2.45. The van der Waals surface area contributed by atoms with Gasteiger partial charge in [-0.2, -0.15) is 0 Å². The summed E-state index contributed by atoms with van der Waals surface area (Å²) in [6.07, 6.45) is 8.03. The molecule has 0 saturated heterocycles. The average Bonchev–Trinajstić information content (AvgIpc) is 2.92. The smallest absolute Gasteiger partial charge is 0.216 e. The van der Waals surface area contributed by atoms with E-state index in [0.717, 1.165) is 51.4 Å². The fourth-order valence-electron chi connectivity index (χ4n) is 3.36. The minimum absolute atomic E-state index is 0.107. The number of nitrogens with zero attached hydrogens (tertiary/aromatic N) is 1. The van der Waals surface area contributed by atoms with Crippen molar-refractivity contribution in [2.75, 3.05) is 14.1 Å². The van der Waals surface area contributed by atoms with Gasteiger partial charge in [0.15, 0.2) is 0 Å². The molecule has 0 amide bonds. The largest absolute Gasteiger partial charge is 0.317 e. The van der Waals surface area contributed by atoms with Crippen LogP contribution in [0.4, 0.5) is 0 Å². The predicted octanol–water partition coefficient (Wildman–Crippen LogP) is 1.72. The second-order valence-electron chi connectivity index (χ2n) is 5.76. The molecule has 4 nitrogen and oxygen atoms in total. The fraction of sp³-hybridized carbons (Fsp3) is 1.00. The molecule has 5 heteroatoms. The van der Waals surface area contributed by atoms with E-state index >= 15 is 0 Å². The molecule has 0 aromatic heterocycles. The first-order valence-corrected chi connectivity index (χ1v) is 8.70. The summed E-state index contributed by atoms with van der Waals surface area (Å²) >= 11 is 0. The molecule has 2 fully saturated rings. The minimum atomic E-state index is -3.05. The molecule has 0 aromatic rings. The van der Waals surface area contributed by atoms with Gasteiger partial charge in [-0.1, -0.05) is 12.8 Å². The number of hydrogen-bond donors (Lipinski definition) is 1. The van der Waals surface area contributed by atoms with Crippen LogP contribution in [0, 0.1) is 0 Å². The van der Waals surface area contributed by atoms with Crippen LogP contribution in [-0.2, 0) is 10.0 Å². The monoisotopic (exact) mass is 274 g/mol. The number of sulfonamides is 1. The van der Waals surface area contributed by atoms with Gasteiger partial charge in [-0.05, 0) is 45.6 Å². The van der Waals surface area contributed by atoms with E-state index in [1.165, 1.54) is 0 Å². The molecular weight excluding hydrogens is 248 g/mol. The van der Waals surface area contributed by atoms with Gasteiger partial charge in [0.05, 0.1) is 5.25 Å². The Hall–Kier alpha value is -0.130. The standard InChI is InChI=1S/C13H26N2O2S/c1-14-11-7-9-12(10-8-11)15(2)18(16,17)13-5-3-4-6-13/h11-14H,3-10H2,1-2H3. The normalized spacial score (nSPS) is 31.1. The van der Waals surface area contributed by atoms with Crippen LogP contribution in [-0.4, -0.2) is 44.2 Å². The summed E-state index contributed by atoms with van der Waals surface area (Å²) in [5, 5.41) is 3.18. The number of nitrogens with one attached hydrogen (secondary N) is 1. The van der Waals surface area contributed by atoms with Gasteiger partial charge >= 0.3 is 0 Å². The maximum Gasteiger partial charge on any atom is 0.216 e. The van der Waals surface area contributed by atoms with Crippen molar-refractivity contribution in [1.29, 1.82) is 0 Å². The Morgan fingerprint density at radius 3 is 2.06 bits per heavy atom. The highest BCUT2D eigenvalue weighted by Crippen LogP contribution is 2.30. The van der Waals surface area contributed by atoms with E-state index in [1.807, 2.05) is 7.05 Å². The van der Waals surface area contributed by atoms with E-state index < -0.39 is 10.0 Å². The quantitative estimate of drug-likeness (QED) is 0.849. The lowest BCUT2D eigenvalue weighted by molar-refractivity contribution is 0.253. The van der Waals surface area contributed by atoms with Crippen LogP contribution in [0.3, 0.4) is 0 Å². The summed E-state index contributed by atoms with van der Waals surface area (Å²) in [7, 11) is 0.730. The molecule has 0 atom stereocenters. The Morgan fingerprint density at radius 2 is 1.56 bits per heavy atom. The molecule has 0 unspecified atom stereocenters. The van der Waals surface area contributed by atoms with Crippen molar-refractivity contribution < 1.29 is 8.42 Å². The van der Waals surface area contributed by atoms with Crippen molar-refractivity contribution in [3.63, 3.8) is 0 Å². The Labute approximate surface area is 111 Å². The SMILES string of the molecule is CNC1CCC(N(C)S(=O)(=O)C2CCCC2)CC1. The Morgan fingerprint density at radius 1 is 1.00 bits per heavy atom. The van der Waals surface area contributed by atoms with Crippen LogP contribution in [0.25, 0.3) is 0 Å². The maximum atomic E-state index is 12.5. The first kappa shape index (κ1) is 14.3. The van der Waals surface area contributed by atoms with E-state index in [2.05, 4.69) is 5.32 Å².